The molecule has 0 aliphatic carbocycles. The van der Waals surface area contributed by atoms with Crippen molar-refractivity contribution in [1.82, 2.24) is 0 Å². The third kappa shape index (κ3) is 5.14. The summed E-state index contributed by atoms with van der Waals surface area (Å²) >= 11 is 0. The molecule has 0 fully saturated rings. The van der Waals surface area contributed by atoms with E-state index in [1.165, 1.54) is 0 Å². The Morgan fingerprint density at radius 2 is 2.00 bits per heavy atom. The summed E-state index contributed by atoms with van der Waals surface area (Å²) in [5, 5.41) is 3.64. The molecule has 0 spiro atoms. The van der Waals surface area contributed by atoms with Crippen LogP contribution in [0.25, 0.3) is 0 Å². The first-order chi connectivity index (χ1) is 4.16. The van der Waals surface area contributed by atoms with Gasteiger partial charge < -0.3 is 9.57 Å². The topological polar surface area (TPSA) is 30.8 Å². The molecule has 0 aromatic carbocycles. The van der Waals surface area contributed by atoms with Crippen LogP contribution in [0.5, 0.6) is 0 Å². The summed E-state index contributed by atoms with van der Waals surface area (Å²) in [5.74, 6) is 0.545. The average Bonchev–Trinajstić information content (AvgIpc) is 1.83. The molecule has 9 heavy (non-hydrogen) atoms. The summed E-state index contributed by atoms with van der Waals surface area (Å²) < 4.78 is 4.73. The highest BCUT2D eigenvalue weighted by atomic mass is 16.7. The summed E-state index contributed by atoms with van der Waals surface area (Å²) in [6.07, 6.45) is 0.120. The summed E-state index contributed by atoms with van der Waals surface area (Å²) in [5.41, 5.74) is 0. The Morgan fingerprint density at radius 1 is 1.44 bits per heavy atom. The SMILES string of the molecule is CO/C(C)=N/OC(C)C. The molecule has 0 aromatic heterocycles. The molecule has 0 rings (SSSR count). The van der Waals surface area contributed by atoms with Crippen molar-refractivity contribution in [3.63, 3.8) is 0 Å². The molecule has 0 radical (unpaired) electrons. The summed E-state index contributed by atoms with van der Waals surface area (Å²) in [7, 11) is 1.56. The van der Waals surface area contributed by atoms with Gasteiger partial charge in [-0.25, -0.2) is 0 Å². The van der Waals surface area contributed by atoms with Gasteiger partial charge in [0.05, 0.1) is 7.11 Å². The van der Waals surface area contributed by atoms with Crippen molar-refractivity contribution in [2.75, 3.05) is 7.11 Å². The van der Waals surface area contributed by atoms with Crippen LogP contribution in [-0.2, 0) is 9.57 Å². The van der Waals surface area contributed by atoms with Crippen molar-refractivity contribution < 1.29 is 9.57 Å². The number of ether oxygens (including phenoxy) is 1. The molecule has 0 atom stereocenters. The molecule has 0 heterocycles. The van der Waals surface area contributed by atoms with Crippen molar-refractivity contribution in [1.29, 1.82) is 0 Å². The first-order valence-corrected chi connectivity index (χ1v) is 2.91. The van der Waals surface area contributed by atoms with E-state index in [0.717, 1.165) is 0 Å². The highest BCUT2D eigenvalue weighted by Gasteiger charge is 1.90. The van der Waals surface area contributed by atoms with Crippen LogP contribution in [0.2, 0.25) is 0 Å². The smallest absolute Gasteiger partial charge is 0.222 e. The van der Waals surface area contributed by atoms with Gasteiger partial charge in [0, 0.05) is 6.92 Å². The van der Waals surface area contributed by atoms with Gasteiger partial charge in [-0.3, -0.25) is 0 Å². The molecule has 0 saturated carbocycles. The van der Waals surface area contributed by atoms with Crippen molar-refractivity contribution >= 4 is 5.90 Å². The Kier molecular flexibility index (Phi) is 3.84. The zero-order chi connectivity index (χ0) is 7.28. The van der Waals surface area contributed by atoms with E-state index in [-0.39, 0.29) is 6.10 Å². The monoisotopic (exact) mass is 131 g/mol. The van der Waals surface area contributed by atoms with Crippen molar-refractivity contribution in [3.05, 3.63) is 0 Å². The molecule has 0 amide bonds. The van der Waals surface area contributed by atoms with Gasteiger partial charge in [-0.2, -0.15) is 0 Å². The lowest BCUT2D eigenvalue weighted by Crippen LogP contribution is -2.01. The zero-order valence-electron chi connectivity index (χ0n) is 6.34. The van der Waals surface area contributed by atoms with Crippen LogP contribution in [0.4, 0.5) is 0 Å². The molecule has 0 aromatic rings. The van der Waals surface area contributed by atoms with Crippen LogP contribution in [0.3, 0.4) is 0 Å². The molecule has 0 N–H and O–H groups in total. The predicted octanol–water partition coefficient (Wildman–Crippen LogP) is 1.39. The Balaban J connectivity index is 3.43. The second kappa shape index (κ2) is 4.18. The maximum Gasteiger partial charge on any atom is 0.222 e. The van der Waals surface area contributed by atoms with Gasteiger partial charge >= 0.3 is 0 Å². The van der Waals surface area contributed by atoms with E-state index in [9.17, 15) is 0 Å². The largest absolute Gasteiger partial charge is 0.482 e. The normalized spacial score (nSPS) is 11.9. The molecule has 3 nitrogen and oxygen atoms in total. The maximum atomic E-state index is 4.86. The van der Waals surface area contributed by atoms with E-state index in [4.69, 9.17) is 9.57 Å². The molecular formula is C6H13NO2. The lowest BCUT2D eigenvalue weighted by molar-refractivity contribution is 0.0795. The predicted molar refractivity (Wildman–Crippen MR) is 36.3 cm³/mol. The molecule has 0 aliphatic heterocycles. The van der Waals surface area contributed by atoms with E-state index in [1.807, 2.05) is 13.8 Å². The second-order valence-corrected chi connectivity index (χ2v) is 1.97. The van der Waals surface area contributed by atoms with Crippen LogP contribution in [0.1, 0.15) is 20.8 Å². The Hall–Kier alpha value is -0.730. The van der Waals surface area contributed by atoms with E-state index >= 15 is 0 Å². The molecule has 0 unspecified atom stereocenters. The van der Waals surface area contributed by atoms with Crippen LogP contribution in [-0.4, -0.2) is 19.1 Å². The van der Waals surface area contributed by atoms with Gasteiger partial charge in [-0.05, 0) is 13.8 Å². The van der Waals surface area contributed by atoms with Crippen molar-refractivity contribution in [3.8, 4) is 0 Å². The fraction of sp³-hybridized carbons (Fsp3) is 0.833. The lowest BCUT2D eigenvalue weighted by Gasteiger charge is -2.02. The maximum absolute atomic E-state index is 4.86. The molecule has 3 heteroatoms. The number of hydrogen-bond donors (Lipinski definition) is 0. The number of hydrogen-bond acceptors (Lipinski definition) is 3. The molecule has 0 saturated heterocycles. The highest BCUT2D eigenvalue weighted by molar-refractivity contribution is 5.72. The van der Waals surface area contributed by atoms with Crippen molar-refractivity contribution in [2.45, 2.75) is 26.9 Å². The zero-order valence-corrected chi connectivity index (χ0v) is 6.34. The van der Waals surface area contributed by atoms with Crippen molar-refractivity contribution in [2.24, 2.45) is 5.16 Å². The van der Waals surface area contributed by atoms with E-state index in [0.29, 0.717) is 5.90 Å². The van der Waals surface area contributed by atoms with Gasteiger partial charge in [-0.15, -0.1) is 0 Å². The highest BCUT2D eigenvalue weighted by Crippen LogP contribution is 1.88. The minimum atomic E-state index is 0.120. The van der Waals surface area contributed by atoms with Crippen LogP contribution < -0.4 is 0 Å². The Bertz CT molecular complexity index is 99.2. The first kappa shape index (κ1) is 8.27. The van der Waals surface area contributed by atoms with Gasteiger partial charge in [0.2, 0.25) is 5.90 Å². The number of rotatable bonds is 2. The number of methoxy groups -OCH3 is 1. The van der Waals surface area contributed by atoms with Crippen LogP contribution in [0.15, 0.2) is 5.16 Å². The third-order valence-electron chi connectivity index (χ3n) is 0.687. The van der Waals surface area contributed by atoms with E-state index in [1.54, 1.807) is 14.0 Å². The Morgan fingerprint density at radius 3 is 2.33 bits per heavy atom. The second-order valence-electron chi connectivity index (χ2n) is 1.97. The first-order valence-electron chi connectivity index (χ1n) is 2.91. The Labute approximate surface area is 55.6 Å². The third-order valence-corrected chi connectivity index (χ3v) is 0.687. The standard InChI is InChI=1S/C6H13NO2/c1-5(2)9-7-6(3)8-4/h5H,1-4H3/b7-6+. The fourth-order valence-corrected chi connectivity index (χ4v) is 0.217. The van der Waals surface area contributed by atoms with Gasteiger partial charge in [-0.1, -0.05) is 5.16 Å². The lowest BCUT2D eigenvalue weighted by atomic mass is 10.5. The van der Waals surface area contributed by atoms with Gasteiger partial charge in [0.1, 0.15) is 6.10 Å². The molecule has 0 bridgehead atoms. The van der Waals surface area contributed by atoms with E-state index in [2.05, 4.69) is 5.16 Å². The minimum Gasteiger partial charge on any atom is -0.482 e. The number of nitrogens with zero attached hydrogens (tertiary/aromatic N) is 1. The average molecular weight is 131 g/mol. The summed E-state index contributed by atoms with van der Waals surface area (Å²) in [6.45, 7) is 5.56. The van der Waals surface area contributed by atoms with Crippen LogP contribution in [0, 0.1) is 0 Å². The summed E-state index contributed by atoms with van der Waals surface area (Å²) in [6, 6.07) is 0. The van der Waals surface area contributed by atoms with Crippen LogP contribution >= 0.6 is 0 Å². The number of oxime groups is 1. The molecular weight excluding hydrogens is 118 g/mol. The quantitative estimate of drug-likeness (QED) is 0.322. The summed E-state index contributed by atoms with van der Waals surface area (Å²) in [4.78, 5) is 4.86. The minimum absolute atomic E-state index is 0.120. The van der Waals surface area contributed by atoms with Gasteiger partial charge in [0.25, 0.3) is 0 Å². The van der Waals surface area contributed by atoms with E-state index < -0.39 is 0 Å². The molecule has 54 valence electrons. The molecule has 0 aliphatic rings. The fourth-order valence-electron chi connectivity index (χ4n) is 0.217. The van der Waals surface area contributed by atoms with Gasteiger partial charge in [0.15, 0.2) is 0 Å².